The monoisotopic (exact) mass is 180 g/mol. The summed E-state index contributed by atoms with van der Waals surface area (Å²) in [6.45, 7) is 1.43. The summed E-state index contributed by atoms with van der Waals surface area (Å²) in [5.74, 6) is -1.91. The molecule has 1 aromatic rings. The zero-order valence-corrected chi connectivity index (χ0v) is 6.98. The third-order valence-electron chi connectivity index (χ3n) is 1.45. The predicted molar refractivity (Wildman–Crippen MR) is 45.0 cm³/mol. The molecule has 1 aromatic heterocycles. The zero-order chi connectivity index (χ0) is 9.84. The van der Waals surface area contributed by atoms with Crippen LogP contribution in [0.5, 0.6) is 0 Å². The van der Waals surface area contributed by atoms with Gasteiger partial charge in [0.15, 0.2) is 0 Å². The number of carbonyl (C=O) groups excluding carboxylic acids is 1. The topological polar surface area (TPSA) is 67.5 Å². The highest BCUT2D eigenvalue weighted by Crippen LogP contribution is 2.07. The molecule has 0 saturated heterocycles. The maximum Gasteiger partial charge on any atom is 0.376 e. The van der Waals surface area contributed by atoms with Crippen LogP contribution in [0, 0.1) is 0 Å². The lowest BCUT2D eigenvalue weighted by atomic mass is 10.2. The molecule has 1 heterocycles. The van der Waals surface area contributed by atoms with Gasteiger partial charge in [0.1, 0.15) is 5.76 Å². The van der Waals surface area contributed by atoms with Gasteiger partial charge in [-0.1, -0.05) is 0 Å². The summed E-state index contributed by atoms with van der Waals surface area (Å²) in [5.41, 5.74) is 0.141. The van der Waals surface area contributed by atoms with E-state index in [1.165, 1.54) is 19.3 Å². The summed E-state index contributed by atoms with van der Waals surface area (Å²) in [6, 6.07) is 3.29. The summed E-state index contributed by atoms with van der Waals surface area (Å²) in [5, 5.41) is 8.36. The van der Waals surface area contributed by atoms with Crippen LogP contribution in [0.2, 0.25) is 0 Å². The van der Waals surface area contributed by atoms with E-state index in [-0.39, 0.29) is 5.57 Å². The van der Waals surface area contributed by atoms with Crippen LogP contribution < -0.4 is 0 Å². The van der Waals surface area contributed by atoms with Crippen LogP contribution in [-0.4, -0.2) is 16.9 Å². The number of Topliss-reactive ketones (excluding diaryl/α,β-unsaturated/α-hetero) is 1. The van der Waals surface area contributed by atoms with E-state index in [0.717, 1.165) is 0 Å². The van der Waals surface area contributed by atoms with Crippen LogP contribution in [0.15, 0.2) is 28.4 Å². The molecule has 0 radical (unpaired) electrons. The Morgan fingerprint density at radius 1 is 1.54 bits per heavy atom. The van der Waals surface area contributed by atoms with E-state index in [9.17, 15) is 9.59 Å². The van der Waals surface area contributed by atoms with Gasteiger partial charge in [0, 0.05) is 5.57 Å². The van der Waals surface area contributed by atoms with Gasteiger partial charge in [-0.25, -0.2) is 4.79 Å². The highest BCUT2D eigenvalue weighted by molar-refractivity contribution is 6.40. The average Bonchev–Trinajstić information content (AvgIpc) is 2.55. The largest absolute Gasteiger partial charge is 0.475 e. The lowest BCUT2D eigenvalue weighted by Crippen LogP contribution is -2.12. The van der Waals surface area contributed by atoms with E-state index in [1.54, 1.807) is 12.1 Å². The molecule has 0 amide bonds. The van der Waals surface area contributed by atoms with Crippen molar-refractivity contribution in [2.45, 2.75) is 6.92 Å². The van der Waals surface area contributed by atoms with Gasteiger partial charge in [-0.2, -0.15) is 0 Å². The number of carbonyl (C=O) groups is 2. The summed E-state index contributed by atoms with van der Waals surface area (Å²) >= 11 is 0. The number of rotatable bonds is 3. The van der Waals surface area contributed by atoms with Crippen molar-refractivity contribution in [1.82, 2.24) is 0 Å². The molecule has 0 aliphatic carbocycles. The first-order chi connectivity index (χ1) is 6.11. The second-order valence-corrected chi connectivity index (χ2v) is 2.48. The number of carboxylic acids is 1. The van der Waals surface area contributed by atoms with Gasteiger partial charge >= 0.3 is 5.97 Å². The van der Waals surface area contributed by atoms with Crippen molar-refractivity contribution < 1.29 is 19.1 Å². The number of hydrogen-bond donors (Lipinski definition) is 1. The van der Waals surface area contributed by atoms with E-state index in [0.29, 0.717) is 5.76 Å². The minimum atomic E-state index is -1.46. The number of hydrogen-bond acceptors (Lipinski definition) is 3. The van der Waals surface area contributed by atoms with Crippen molar-refractivity contribution in [3.8, 4) is 0 Å². The Hall–Kier alpha value is -1.84. The van der Waals surface area contributed by atoms with Crippen LogP contribution in [0.4, 0.5) is 0 Å². The maximum absolute atomic E-state index is 10.9. The van der Waals surface area contributed by atoms with E-state index < -0.39 is 11.8 Å². The Labute approximate surface area is 74.5 Å². The molecule has 13 heavy (non-hydrogen) atoms. The number of aliphatic carboxylic acids is 1. The molecule has 0 fully saturated rings. The minimum absolute atomic E-state index is 0.141. The number of furan rings is 1. The van der Waals surface area contributed by atoms with Crippen LogP contribution >= 0.6 is 0 Å². The quantitative estimate of drug-likeness (QED) is 0.563. The molecule has 0 aliphatic heterocycles. The summed E-state index contributed by atoms with van der Waals surface area (Å²) in [7, 11) is 0. The third-order valence-corrected chi connectivity index (χ3v) is 1.45. The highest BCUT2D eigenvalue weighted by Gasteiger charge is 2.13. The van der Waals surface area contributed by atoms with Crippen LogP contribution in [-0.2, 0) is 9.59 Å². The van der Waals surface area contributed by atoms with Crippen molar-refractivity contribution in [3.05, 3.63) is 29.7 Å². The Balaban J connectivity index is 2.84. The van der Waals surface area contributed by atoms with Gasteiger partial charge in [0.2, 0.25) is 0 Å². The smallest absolute Gasteiger partial charge is 0.376 e. The number of ketones is 1. The molecule has 68 valence electrons. The van der Waals surface area contributed by atoms with Crippen molar-refractivity contribution in [1.29, 1.82) is 0 Å². The summed E-state index contributed by atoms with van der Waals surface area (Å²) in [4.78, 5) is 21.1. The van der Waals surface area contributed by atoms with Gasteiger partial charge in [-0.15, -0.1) is 0 Å². The third kappa shape index (κ3) is 2.30. The lowest BCUT2D eigenvalue weighted by Gasteiger charge is -1.92. The molecule has 0 aliphatic rings. The van der Waals surface area contributed by atoms with E-state index in [4.69, 9.17) is 9.52 Å². The van der Waals surface area contributed by atoms with E-state index in [2.05, 4.69) is 0 Å². The zero-order valence-electron chi connectivity index (χ0n) is 6.98. The van der Waals surface area contributed by atoms with Gasteiger partial charge in [-0.3, -0.25) is 4.79 Å². The molecule has 0 spiro atoms. The lowest BCUT2D eigenvalue weighted by molar-refractivity contribution is -0.147. The van der Waals surface area contributed by atoms with Gasteiger partial charge < -0.3 is 9.52 Å². The van der Waals surface area contributed by atoms with E-state index >= 15 is 0 Å². The van der Waals surface area contributed by atoms with Gasteiger partial charge in [0.25, 0.3) is 5.78 Å². The SMILES string of the molecule is C/C(=C\c1ccco1)C(=O)C(=O)O. The first-order valence-corrected chi connectivity index (χ1v) is 3.60. The fraction of sp³-hybridized carbons (Fsp3) is 0.111. The number of carboxylic acid groups (broad SMARTS) is 1. The Bertz CT molecular complexity index is 346. The second-order valence-electron chi connectivity index (χ2n) is 2.48. The van der Waals surface area contributed by atoms with Crippen molar-refractivity contribution in [2.24, 2.45) is 0 Å². The molecule has 0 atom stereocenters. The molecule has 0 bridgehead atoms. The summed E-state index contributed by atoms with van der Waals surface area (Å²) < 4.78 is 4.91. The highest BCUT2D eigenvalue weighted by atomic mass is 16.4. The average molecular weight is 180 g/mol. The minimum Gasteiger partial charge on any atom is -0.475 e. The maximum atomic E-state index is 10.9. The first kappa shape index (κ1) is 9.25. The molecule has 1 rings (SSSR count). The molecule has 0 unspecified atom stereocenters. The summed E-state index contributed by atoms with van der Waals surface area (Å²) in [6.07, 6.45) is 2.83. The molecule has 1 N–H and O–H groups in total. The predicted octanol–water partition coefficient (Wildman–Crippen LogP) is 1.34. The molecular weight excluding hydrogens is 172 g/mol. The molecule has 0 aromatic carbocycles. The standard InChI is InChI=1S/C9H8O4/c1-6(8(10)9(11)12)5-7-3-2-4-13-7/h2-5H,1H3,(H,11,12)/b6-5+. The van der Waals surface area contributed by atoms with Crippen molar-refractivity contribution in [3.63, 3.8) is 0 Å². The van der Waals surface area contributed by atoms with Gasteiger partial charge in [-0.05, 0) is 25.1 Å². The Kier molecular flexibility index (Phi) is 2.64. The molecule has 4 nitrogen and oxygen atoms in total. The molecule has 4 heteroatoms. The second kappa shape index (κ2) is 3.71. The Morgan fingerprint density at radius 2 is 2.23 bits per heavy atom. The first-order valence-electron chi connectivity index (χ1n) is 3.60. The molecular formula is C9H8O4. The van der Waals surface area contributed by atoms with E-state index in [1.807, 2.05) is 0 Å². The van der Waals surface area contributed by atoms with Crippen molar-refractivity contribution >= 4 is 17.8 Å². The van der Waals surface area contributed by atoms with Crippen molar-refractivity contribution in [2.75, 3.05) is 0 Å². The van der Waals surface area contributed by atoms with Crippen LogP contribution in [0.25, 0.3) is 6.08 Å². The van der Waals surface area contributed by atoms with Gasteiger partial charge in [0.05, 0.1) is 6.26 Å². The fourth-order valence-corrected chi connectivity index (χ4v) is 0.821. The van der Waals surface area contributed by atoms with Crippen LogP contribution in [0.3, 0.4) is 0 Å². The molecule has 0 saturated carbocycles. The fourth-order valence-electron chi connectivity index (χ4n) is 0.821. The Morgan fingerprint density at radius 3 is 2.69 bits per heavy atom. The normalized spacial score (nSPS) is 11.3. The van der Waals surface area contributed by atoms with Crippen LogP contribution in [0.1, 0.15) is 12.7 Å².